The Bertz CT molecular complexity index is 1050. The van der Waals surface area contributed by atoms with E-state index in [4.69, 9.17) is 0 Å². The van der Waals surface area contributed by atoms with Gasteiger partial charge in [-0.3, -0.25) is 9.59 Å². The molecule has 0 aliphatic heterocycles. The molecule has 1 aliphatic rings. The summed E-state index contributed by atoms with van der Waals surface area (Å²) in [4.78, 5) is 38.1. The van der Waals surface area contributed by atoms with Gasteiger partial charge in [-0.15, -0.1) is 0 Å². The summed E-state index contributed by atoms with van der Waals surface area (Å²) < 4.78 is 13.5. The van der Waals surface area contributed by atoms with Gasteiger partial charge >= 0.3 is 5.97 Å². The molecule has 3 N–H and O–H groups in total. The molecule has 3 rings (SSSR count). The standard InChI is InChI=1S/C27H33FN2O4S/c1-3-17(2)23(35)24(31)30-27(13-4-5-14-27)26(34)29-22(25(32)33)15-18-9-11-19(12-10-18)20-7-6-8-21(28)16-20/h6-12,16-17,22-23,35H,3-5,13-15H2,1-2H3,(H,29,34)(H,30,31)(H,32,33). The Balaban J connectivity index is 1.71. The number of benzene rings is 2. The average molecular weight is 501 g/mol. The second-order valence-corrected chi connectivity index (χ2v) is 9.94. The van der Waals surface area contributed by atoms with Gasteiger partial charge in [-0.1, -0.05) is 69.5 Å². The monoisotopic (exact) mass is 500 g/mol. The van der Waals surface area contributed by atoms with Crippen molar-refractivity contribution in [2.75, 3.05) is 0 Å². The molecule has 2 aromatic carbocycles. The molecule has 1 aliphatic carbocycles. The third-order valence-electron chi connectivity index (χ3n) is 6.86. The highest BCUT2D eigenvalue weighted by Crippen LogP contribution is 2.31. The molecule has 3 unspecified atom stereocenters. The predicted molar refractivity (Wildman–Crippen MR) is 137 cm³/mol. The maximum atomic E-state index is 13.5. The topological polar surface area (TPSA) is 95.5 Å². The molecule has 0 aromatic heterocycles. The molecule has 2 aromatic rings. The Labute approximate surface area is 211 Å². The van der Waals surface area contributed by atoms with Crippen molar-refractivity contribution in [2.24, 2.45) is 5.92 Å². The maximum absolute atomic E-state index is 13.5. The third kappa shape index (κ3) is 6.63. The fourth-order valence-corrected chi connectivity index (χ4v) is 4.69. The molecular formula is C27H33FN2O4S. The van der Waals surface area contributed by atoms with E-state index in [0.717, 1.165) is 36.0 Å². The quantitative estimate of drug-likeness (QED) is 0.364. The minimum absolute atomic E-state index is 0.0435. The van der Waals surface area contributed by atoms with E-state index >= 15 is 0 Å². The van der Waals surface area contributed by atoms with Crippen molar-refractivity contribution in [3.05, 3.63) is 59.9 Å². The molecule has 0 bridgehead atoms. The number of carbonyl (C=O) groups excluding carboxylic acids is 2. The summed E-state index contributed by atoms with van der Waals surface area (Å²) in [7, 11) is 0. The van der Waals surface area contributed by atoms with Gasteiger partial charge in [-0.2, -0.15) is 12.6 Å². The number of amides is 2. The molecule has 2 amide bonds. The van der Waals surface area contributed by atoms with E-state index in [2.05, 4.69) is 23.3 Å². The first-order chi connectivity index (χ1) is 16.6. The molecule has 35 heavy (non-hydrogen) atoms. The fourth-order valence-electron chi connectivity index (χ4n) is 4.41. The van der Waals surface area contributed by atoms with Crippen LogP contribution in [0, 0.1) is 11.7 Å². The van der Waals surface area contributed by atoms with E-state index < -0.39 is 28.7 Å². The van der Waals surface area contributed by atoms with E-state index in [0.29, 0.717) is 12.8 Å². The summed E-state index contributed by atoms with van der Waals surface area (Å²) >= 11 is 4.43. The van der Waals surface area contributed by atoms with Gasteiger partial charge in [-0.25, -0.2) is 9.18 Å². The fraction of sp³-hybridized carbons (Fsp3) is 0.444. The SMILES string of the molecule is CCC(C)C(S)C(=O)NC1(C(=O)NC(Cc2ccc(-c3cccc(F)c3)cc2)C(=O)O)CCCC1. The van der Waals surface area contributed by atoms with Gasteiger partial charge in [0.25, 0.3) is 0 Å². The largest absolute Gasteiger partial charge is 0.480 e. The van der Waals surface area contributed by atoms with Gasteiger partial charge in [-0.05, 0) is 47.6 Å². The van der Waals surface area contributed by atoms with Crippen LogP contribution in [0.5, 0.6) is 0 Å². The van der Waals surface area contributed by atoms with Gasteiger partial charge in [0.05, 0.1) is 5.25 Å². The highest BCUT2D eigenvalue weighted by molar-refractivity contribution is 7.81. The number of carboxylic acids is 1. The number of rotatable bonds is 10. The third-order valence-corrected chi connectivity index (χ3v) is 7.60. The second-order valence-electron chi connectivity index (χ2n) is 9.38. The number of hydrogen-bond donors (Lipinski definition) is 4. The van der Waals surface area contributed by atoms with Crippen LogP contribution in [-0.4, -0.2) is 39.7 Å². The zero-order valence-corrected chi connectivity index (χ0v) is 21.0. The molecule has 0 radical (unpaired) electrons. The van der Waals surface area contributed by atoms with Crippen LogP contribution in [0.1, 0.15) is 51.5 Å². The molecule has 0 spiro atoms. The molecule has 0 saturated heterocycles. The lowest BCUT2D eigenvalue weighted by atomic mass is 9.93. The van der Waals surface area contributed by atoms with Gasteiger partial charge in [0, 0.05) is 6.42 Å². The molecule has 0 heterocycles. The minimum atomic E-state index is -1.15. The van der Waals surface area contributed by atoms with Crippen molar-refractivity contribution in [3.8, 4) is 11.1 Å². The Morgan fingerprint density at radius 3 is 2.31 bits per heavy atom. The van der Waals surface area contributed by atoms with Crippen LogP contribution in [0.2, 0.25) is 0 Å². The van der Waals surface area contributed by atoms with Crippen molar-refractivity contribution < 1.29 is 23.9 Å². The lowest BCUT2D eigenvalue weighted by Crippen LogP contribution is -2.61. The zero-order chi connectivity index (χ0) is 25.6. The van der Waals surface area contributed by atoms with Gasteiger partial charge < -0.3 is 15.7 Å². The summed E-state index contributed by atoms with van der Waals surface area (Å²) in [5.41, 5.74) is 1.12. The second kappa shape index (κ2) is 11.7. The van der Waals surface area contributed by atoms with E-state index in [1.807, 2.05) is 13.8 Å². The molecule has 1 fully saturated rings. The summed E-state index contributed by atoms with van der Waals surface area (Å²) in [5, 5.41) is 14.8. The Morgan fingerprint density at radius 1 is 1.09 bits per heavy atom. The van der Waals surface area contributed by atoms with Crippen LogP contribution in [0.4, 0.5) is 4.39 Å². The first kappa shape index (κ1) is 26.7. The summed E-state index contributed by atoms with van der Waals surface area (Å²) in [6.45, 7) is 3.90. The van der Waals surface area contributed by atoms with E-state index in [1.165, 1.54) is 12.1 Å². The number of thiol groups is 1. The Morgan fingerprint density at radius 2 is 1.74 bits per heavy atom. The van der Waals surface area contributed by atoms with E-state index in [9.17, 15) is 23.9 Å². The number of aliphatic carboxylic acids is 1. The first-order valence-corrected chi connectivity index (χ1v) is 12.6. The normalized spacial score (nSPS) is 17.3. The predicted octanol–water partition coefficient (Wildman–Crippen LogP) is 4.38. The molecule has 8 heteroatoms. The average Bonchev–Trinajstić information content (AvgIpc) is 3.32. The van der Waals surface area contributed by atoms with Crippen molar-refractivity contribution in [2.45, 2.75) is 69.2 Å². The van der Waals surface area contributed by atoms with Crippen LogP contribution in [0.25, 0.3) is 11.1 Å². The van der Waals surface area contributed by atoms with Crippen molar-refractivity contribution >= 4 is 30.4 Å². The van der Waals surface area contributed by atoms with E-state index in [1.54, 1.807) is 36.4 Å². The molecule has 188 valence electrons. The van der Waals surface area contributed by atoms with Crippen LogP contribution in [0.3, 0.4) is 0 Å². The van der Waals surface area contributed by atoms with Gasteiger partial charge in [0.1, 0.15) is 17.4 Å². The number of nitrogens with one attached hydrogen (secondary N) is 2. The smallest absolute Gasteiger partial charge is 0.326 e. The minimum Gasteiger partial charge on any atom is -0.480 e. The van der Waals surface area contributed by atoms with Crippen molar-refractivity contribution in [3.63, 3.8) is 0 Å². The lowest BCUT2D eigenvalue weighted by Gasteiger charge is -2.32. The Hall–Kier alpha value is -2.87. The Kier molecular flexibility index (Phi) is 8.94. The van der Waals surface area contributed by atoms with Crippen molar-refractivity contribution in [1.29, 1.82) is 0 Å². The number of hydrogen-bond acceptors (Lipinski definition) is 4. The highest BCUT2D eigenvalue weighted by atomic mass is 32.1. The van der Waals surface area contributed by atoms with Crippen LogP contribution in [0.15, 0.2) is 48.5 Å². The maximum Gasteiger partial charge on any atom is 0.326 e. The summed E-state index contributed by atoms with van der Waals surface area (Å²) in [6, 6.07) is 12.2. The highest BCUT2D eigenvalue weighted by Gasteiger charge is 2.44. The van der Waals surface area contributed by atoms with Crippen LogP contribution < -0.4 is 10.6 Å². The molecule has 1 saturated carbocycles. The number of carbonyl (C=O) groups is 3. The van der Waals surface area contributed by atoms with E-state index in [-0.39, 0.29) is 24.1 Å². The number of carboxylic acid groups (broad SMARTS) is 1. The molecule has 6 nitrogen and oxygen atoms in total. The first-order valence-electron chi connectivity index (χ1n) is 12.0. The number of halogens is 1. The summed E-state index contributed by atoms with van der Waals surface area (Å²) in [6.07, 6.45) is 3.32. The van der Waals surface area contributed by atoms with Gasteiger partial charge in [0.15, 0.2) is 0 Å². The van der Waals surface area contributed by atoms with Crippen LogP contribution in [-0.2, 0) is 20.8 Å². The van der Waals surface area contributed by atoms with Crippen molar-refractivity contribution in [1.82, 2.24) is 10.6 Å². The molecule has 3 atom stereocenters. The lowest BCUT2D eigenvalue weighted by molar-refractivity contribution is -0.143. The van der Waals surface area contributed by atoms with Gasteiger partial charge in [0.2, 0.25) is 11.8 Å². The zero-order valence-electron chi connectivity index (χ0n) is 20.1. The summed E-state index contributed by atoms with van der Waals surface area (Å²) in [5.74, 6) is -2.22. The van der Waals surface area contributed by atoms with Crippen LogP contribution >= 0.6 is 12.6 Å². The molecular weight excluding hydrogens is 467 g/mol.